The number of nitrogens with two attached hydrogens (primary N) is 1. The van der Waals surface area contributed by atoms with E-state index < -0.39 is 4.92 Å². The minimum absolute atomic E-state index is 0.0573. The highest BCUT2D eigenvalue weighted by atomic mass is 35.5. The van der Waals surface area contributed by atoms with Crippen molar-refractivity contribution >= 4 is 23.0 Å². The topological polar surface area (TPSA) is 85.3 Å². The summed E-state index contributed by atoms with van der Waals surface area (Å²) in [5.74, 6) is 0. The first-order valence-corrected chi connectivity index (χ1v) is 5.69. The number of nitro groups is 1. The van der Waals surface area contributed by atoms with Gasteiger partial charge in [0.25, 0.3) is 0 Å². The van der Waals surface area contributed by atoms with Gasteiger partial charge in [-0.3, -0.25) is 10.1 Å². The van der Waals surface area contributed by atoms with Gasteiger partial charge >= 0.3 is 5.69 Å². The van der Waals surface area contributed by atoms with E-state index in [0.29, 0.717) is 24.5 Å². The zero-order chi connectivity index (χ0) is 12.6. The Morgan fingerprint density at radius 3 is 2.94 bits per heavy atom. The zero-order valence-electron chi connectivity index (χ0n) is 9.39. The summed E-state index contributed by atoms with van der Waals surface area (Å²) in [5.41, 5.74) is 6.85. The van der Waals surface area contributed by atoms with Crippen molar-refractivity contribution in [3.05, 3.63) is 27.0 Å². The van der Waals surface area contributed by atoms with Crippen LogP contribution in [0.1, 0.15) is 12.1 Å². The molecule has 1 fully saturated rings. The number of hydrogen-bond acceptors (Lipinski definition) is 5. The molecule has 0 saturated carbocycles. The Bertz CT molecular complexity index is 466. The Kier molecular flexibility index (Phi) is 3.17. The number of aromatic nitrogens is 1. The van der Waals surface area contributed by atoms with E-state index in [9.17, 15) is 10.1 Å². The maximum atomic E-state index is 11.0. The molecule has 92 valence electrons. The SMILES string of the molecule is Cc1cc(N2CC[C@@H](N)C2)c([N+](=O)[O-])c(Cl)n1. The highest BCUT2D eigenvalue weighted by Crippen LogP contribution is 2.35. The maximum Gasteiger partial charge on any atom is 0.329 e. The Morgan fingerprint density at radius 2 is 2.41 bits per heavy atom. The first-order valence-electron chi connectivity index (χ1n) is 5.31. The van der Waals surface area contributed by atoms with E-state index in [-0.39, 0.29) is 16.9 Å². The van der Waals surface area contributed by atoms with Crippen molar-refractivity contribution in [1.29, 1.82) is 0 Å². The number of rotatable bonds is 2. The number of nitrogens with zero attached hydrogens (tertiary/aromatic N) is 3. The zero-order valence-corrected chi connectivity index (χ0v) is 10.1. The molecular weight excluding hydrogens is 244 g/mol. The molecule has 2 N–H and O–H groups in total. The van der Waals surface area contributed by atoms with Crippen LogP contribution in [0.2, 0.25) is 5.15 Å². The van der Waals surface area contributed by atoms with Crippen LogP contribution in [-0.2, 0) is 0 Å². The molecule has 2 rings (SSSR count). The van der Waals surface area contributed by atoms with Gasteiger partial charge in [-0.1, -0.05) is 11.6 Å². The predicted octanol–water partition coefficient (Wildman–Crippen LogP) is 1.49. The summed E-state index contributed by atoms with van der Waals surface area (Å²) >= 11 is 5.83. The number of anilines is 1. The van der Waals surface area contributed by atoms with E-state index in [1.807, 2.05) is 4.90 Å². The molecule has 1 aromatic heterocycles. The molecule has 2 heterocycles. The van der Waals surface area contributed by atoms with Crippen LogP contribution in [0.3, 0.4) is 0 Å². The monoisotopic (exact) mass is 256 g/mol. The average molecular weight is 257 g/mol. The Labute approximate surface area is 104 Å². The van der Waals surface area contributed by atoms with E-state index >= 15 is 0 Å². The van der Waals surface area contributed by atoms with E-state index in [2.05, 4.69) is 4.98 Å². The third-order valence-electron chi connectivity index (χ3n) is 2.81. The van der Waals surface area contributed by atoms with E-state index in [1.54, 1.807) is 13.0 Å². The summed E-state index contributed by atoms with van der Waals surface area (Å²) in [6.07, 6.45) is 0.830. The summed E-state index contributed by atoms with van der Waals surface area (Å²) in [4.78, 5) is 16.3. The van der Waals surface area contributed by atoms with Crippen LogP contribution in [0.5, 0.6) is 0 Å². The summed E-state index contributed by atoms with van der Waals surface area (Å²) in [6.45, 7) is 3.08. The minimum Gasteiger partial charge on any atom is -0.364 e. The normalized spacial score (nSPS) is 19.7. The van der Waals surface area contributed by atoms with E-state index in [0.717, 1.165) is 6.42 Å². The number of hydrogen-bond donors (Lipinski definition) is 1. The van der Waals surface area contributed by atoms with Crippen LogP contribution >= 0.6 is 11.6 Å². The highest BCUT2D eigenvalue weighted by Gasteiger charge is 2.29. The first-order chi connectivity index (χ1) is 7.99. The van der Waals surface area contributed by atoms with Crippen molar-refractivity contribution < 1.29 is 4.92 Å². The molecule has 1 aliphatic rings. The lowest BCUT2D eigenvalue weighted by Crippen LogP contribution is -2.27. The highest BCUT2D eigenvalue weighted by molar-refractivity contribution is 6.32. The molecule has 0 unspecified atom stereocenters. The van der Waals surface area contributed by atoms with Crippen molar-refractivity contribution in [3.63, 3.8) is 0 Å². The van der Waals surface area contributed by atoms with Gasteiger partial charge < -0.3 is 10.6 Å². The van der Waals surface area contributed by atoms with Gasteiger partial charge in [-0.25, -0.2) is 4.98 Å². The Hall–Kier alpha value is -1.40. The van der Waals surface area contributed by atoms with Crippen molar-refractivity contribution in [2.24, 2.45) is 5.73 Å². The van der Waals surface area contributed by atoms with Gasteiger partial charge in [0.1, 0.15) is 5.69 Å². The smallest absolute Gasteiger partial charge is 0.329 e. The summed E-state index contributed by atoms with van der Waals surface area (Å²) < 4.78 is 0. The van der Waals surface area contributed by atoms with Gasteiger partial charge in [0.15, 0.2) is 0 Å². The van der Waals surface area contributed by atoms with Crippen molar-refractivity contribution in [1.82, 2.24) is 4.98 Å². The first kappa shape index (κ1) is 12.1. The fourth-order valence-electron chi connectivity index (χ4n) is 2.03. The Balaban J connectivity index is 2.47. The molecule has 0 aromatic carbocycles. The summed E-state index contributed by atoms with van der Waals surface area (Å²) in [7, 11) is 0. The fourth-order valence-corrected chi connectivity index (χ4v) is 2.33. The van der Waals surface area contributed by atoms with Crippen LogP contribution in [0, 0.1) is 17.0 Å². The lowest BCUT2D eigenvalue weighted by Gasteiger charge is -2.18. The van der Waals surface area contributed by atoms with Gasteiger partial charge in [-0.05, 0) is 19.4 Å². The molecule has 1 aliphatic heterocycles. The molecule has 0 radical (unpaired) electrons. The molecule has 0 spiro atoms. The molecule has 17 heavy (non-hydrogen) atoms. The lowest BCUT2D eigenvalue weighted by atomic mass is 10.2. The molecule has 0 aliphatic carbocycles. The van der Waals surface area contributed by atoms with Gasteiger partial charge in [0.2, 0.25) is 5.15 Å². The largest absolute Gasteiger partial charge is 0.364 e. The van der Waals surface area contributed by atoms with E-state index in [4.69, 9.17) is 17.3 Å². The number of halogens is 1. The lowest BCUT2D eigenvalue weighted by molar-refractivity contribution is -0.384. The molecule has 1 atom stereocenters. The predicted molar refractivity (Wildman–Crippen MR) is 65.4 cm³/mol. The van der Waals surface area contributed by atoms with Crippen molar-refractivity contribution in [2.45, 2.75) is 19.4 Å². The van der Waals surface area contributed by atoms with Crippen LogP contribution < -0.4 is 10.6 Å². The second kappa shape index (κ2) is 4.46. The molecule has 6 nitrogen and oxygen atoms in total. The Morgan fingerprint density at radius 1 is 1.71 bits per heavy atom. The van der Waals surface area contributed by atoms with Gasteiger partial charge in [-0.2, -0.15) is 0 Å². The number of pyridine rings is 1. The third-order valence-corrected chi connectivity index (χ3v) is 3.07. The third kappa shape index (κ3) is 2.32. The minimum atomic E-state index is -0.492. The molecular formula is C10H13ClN4O2. The van der Waals surface area contributed by atoms with Crippen LogP contribution in [-0.4, -0.2) is 29.0 Å². The van der Waals surface area contributed by atoms with Gasteiger partial charge in [-0.15, -0.1) is 0 Å². The number of aryl methyl sites for hydroxylation is 1. The van der Waals surface area contributed by atoms with Gasteiger partial charge in [0.05, 0.1) is 4.92 Å². The summed E-state index contributed by atoms with van der Waals surface area (Å²) in [5, 5.41) is 11.0. The second-order valence-corrected chi connectivity index (χ2v) is 4.53. The van der Waals surface area contributed by atoms with Crippen molar-refractivity contribution in [2.75, 3.05) is 18.0 Å². The molecule has 7 heteroatoms. The van der Waals surface area contributed by atoms with Crippen molar-refractivity contribution in [3.8, 4) is 0 Å². The van der Waals surface area contributed by atoms with Gasteiger partial charge in [0, 0.05) is 24.8 Å². The molecule has 0 amide bonds. The molecule has 1 aromatic rings. The molecule has 0 bridgehead atoms. The summed E-state index contributed by atoms with van der Waals surface area (Å²) in [6, 6.07) is 1.74. The standard InChI is InChI=1S/C10H13ClN4O2/c1-6-4-8(14-3-2-7(12)5-14)9(15(16)17)10(11)13-6/h4,7H,2-3,5,12H2,1H3/t7-/m1/s1. The van der Waals surface area contributed by atoms with Crippen LogP contribution in [0.25, 0.3) is 0 Å². The van der Waals surface area contributed by atoms with E-state index in [1.165, 1.54) is 0 Å². The molecule has 1 saturated heterocycles. The average Bonchev–Trinajstić information content (AvgIpc) is 2.62. The van der Waals surface area contributed by atoms with Crippen LogP contribution in [0.15, 0.2) is 6.07 Å². The second-order valence-electron chi connectivity index (χ2n) is 4.17. The fraction of sp³-hybridized carbons (Fsp3) is 0.500. The maximum absolute atomic E-state index is 11.0. The van der Waals surface area contributed by atoms with Crippen LogP contribution in [0.4, 0.5) is 11.4 Å². The quantitative estimate of drug-likeness (QED) is 0.492.